The number of hydrogen-bond acceptors (Lipinski definition) is 3. The summed E-state index contributed by atoms with van der Waals surface area (Å²) in [5.41, 5.74) is 7.23. The fourth-order valence-electron chi connectivity index (χ4n) is 2.20. The highest BCUT2D eigenvalue weighted by Crippen LogP contribution is 2.11. The zero-order valence-corrected chi connectivity index (χ0v) is 12.4. The number of hydrogen-bond donors (Lipinski definition) is 2. The van der Waals surface area contributed by atoms with E-state index in [1.807, 2.05) is 13.0 Å². The molecule has 0 aliphatic carbocycles. The van der Waals surface area contributed by atoms with Crippen LogP contribution in [0.2, 0.25) is 0 Å². The van der Waals surface area contributed by atoms with Gasteiger partial charge in [-0.3, -0.25) is 4.79 Å². The Hall–Kier alpha value is -1.58. The van der Waals surface area contributed by atoms with Gasteiger partial charge in [0.2, 0.25) is 0 Å². The molecule has 1 rings (SSSR count). The molecule has 4 nitrogen and oxygen atoms in total. The van der Waals surface area contributed by atoms with E-state index in [2.05, 4.69) is 31.1 Å². The first-order valence-electron chi connectivity index (χ1n) is 6.99. The largest absolute Gasteiger partial charge is 0.384 e. The van der Waals surface area contributed by atoms with E-state index in [0.29, 0.717) is 17.3 Å². The Morgan fingerprint density at radius 3 is 2.63 bits per heavy atom. The lowest BCUT2D eigenvalue weighted by Crippen LogP contribution is -2.33. The van der Waals surface area contributed by atoms with Gasteiger partial charge in [0.05, 0.1) is 0 Å². The number of nitrogens with zero attached hydrogens (tertiary/aromatic N) is 1. The van der Waals surface area contributed by atoms with E-state index in [4.69, 9.17) is 5.73 Å². The zero-order valence-electron chi connectivity index (χ0n) is 12.4. The highest BCUT2D eigenvalue weighted by Gasteiger charge is 2.12. The number of nitrogen functional groups attached to an aromatic ring is 1. The molecule has 0 fully saturated rings. The van der Waals surface area contributed by atoms with Crippen LogP contribution in [0.15, 0.2) is 12.1 Å². The van der Waals surface area contributed by atoms with Gasteiger partial charge < -0.3 is 11.1 Å². The summed E-state index contributed by atoms with van der Waals surface area (Å²) in [6, 6.07) is 3.63. The maximum atomic E-state index is 12.2. The lowest BCUT2D eigenvalue weighted by Gasteiger charge is -2.16. The molecule has 106 valence electrons. The van der Waals surface area contributed by atoms with Gasteiger partial charge in [0, 0.05) is 17.3 Å². The average Bonchev–Trinajstić information content (AvgIpc) is 2.27. The van der Waals surface area contributed by atoms with Crippen molar-refractivity contribution in [3.05, 3.63) is 23.4 Å². The zero-order chi connectivity index (χ0) is 14.4. The van der Waals surface area contributed by atoms with Crippen molar-refractivity contribution < 1.29 is 4.79 Å². The molecule has 4 heteroatoms. The quantitative estimate of drug-likeness (QED) is 0.829. The lowest BCUT2D eigenvalue weighted by atomic mass is 10.0. The van der Waals surface area contributed by atoms with Crippen molar-refractivity contribution in [2.75, 3.05) is 5.73 Å². The van der Waals surface area contributed by atoms with Crippen LogP contribution in [0.25, 0.3) is 0 Å². The summed E-state index contributed by atoms with van der Waals surface area (Å²) in [7, 11) is 0. The van der Waals surface area contributed by atoms with Crippen LogP contribution in [-0.4, -0.2) is 16.9 Å². The molecule has 1 aromatic heterocycles. The lowest BCUT2D eigenvalue weighted by molar-refractivity contribution is 0.0936. The molecule has 0 saturated heterocycles. The van der Waals surface area contributed by atoms with Gasteiger partial charge in [0.25, 0.3) is 5.91 Å². The number of carbonyl (C=O) groups excluding carboxylic acids is 1. The van der Waals surface area contributed by atoms with E-state index in [1.54, 1.807) is 6.07 Å². The molecule has 19 heavy (non-hydrogen) atoms. The van der Waals surface area contributed by atoms with Crippen LogP contribution in [-0.2, 0) is 6.42 Å². The molecule has 0 saturated carbocycles. The number of aromatic nitrogens is 1. The SMILES string of the molecule is CCCc1cc(C(=O)NC(C)CC(C)C)cc(N)n1. The first-order chi connectivity index (χ1) is 8.92. The average molecular weight is 263 g/mol. The van der Waals surface area contributed by atoms with Gasteiger partial charge in [0.15, 0.2) is 0 Å². The van der Waals surface area contributed by atoms with Crippen molar-refractivity contribution in [2.24, 2.45) is 5.92 Å². The van der Waals surface area contributed by atoms with E-state index in [1.165, 1.54) is 0 Å². The molecule has 0 radical (unpaired) electrons. The van der Waals surface area contributed by atoms with Crippen LogP contribution < -0.4 is 11.1 Å². The molecule has 1 unspecified atom stereocenters. The Labute approximate surface area is 115 Å². The summed E-state index contributed by atoms with van der Waals surface area (Å²) in [4.78, 5) is 16.4. The van der Waals surface area contributed by atoms with Gasteiger partial charge in [-0.2, -0.15) is 0 Å². The minimum absolute atomic E-state index is 0.0698. The minimum Gasteiger partial charge on any atom is -0.384 e. The highest BCUT2D eigenvalue weighted by atomic mass is 16.1. The van der Waals surface area contributed by atoms with E-state index in [9.17, 15) is 4.79 Å². The number of pyridine rings is 1. The molecule has 0 aliphatic heterocycles. The van der Waals surface area contributed by atoms with Crippen molar-refractivity contribution in [1.82, 2.24) is 10.3 Å². The van der Waals surface area contributed by atoms with Crippen molar-refractivity contribution in [3.63, 3.8) is 0 Å². The van der Waals surface area contributed by atoms with Gasteiger partial charge in [-0.25, -0.2) is 4.98 Å². The molecule has 3 N–H and O–H groups in total. The van der Waals surface area contributed by atoms with Crippen molar-refractivity contribution in [3.8, 4) is 0 Å². The number of rotatable bonds is 6. The Kier molecular flexibility index (Phi) is 5.80. The summed E-state index contributed by atoms with van der Waals surface area (Å²) in [6.45, 7) is 8.39. The van der Waals surface area contributed by atoms with Crippen LogP contribution in [0.1, 0.15) is 56.6 Å². The number of amides is 1. The number of carbonyl (C=O) groups is 1. The third-order valence-corrected chi connectivity index (χ3v) is 2.87. The fourth-order valence-corrected chi connectivity index (χ4v) is 2.20. The second-order valence-electron chi connectivity index (χ2n) is 5.53. The summed E-state index contributed by atoms with van der Waals surface area (Å²) >= 11 is 0. The van der Waals surface area contributed by atoms with Crippen LogP contribution in [0.3, 0.4) is 0 Å². The third-order valence-electron chi connectivity index (χ3n) is 2.87. The second-order valence-corrected chi connectivity index (χ2v) is 5.53. The van der Waals surface area contributed by atoms with Crippen molar-refractivity contribution in [2.45, 2.75) is 53.0 Å². The summed E-state index contributed by atoms with van der Waals surface area (Å²) in [5, 5.41) is 3.00. The Balaban J connectivity index is 2.76. The van der Waals surface area contributed by atoms with Crippen molar-refractivity contribution >= 4 is 11.7 Å². The normalized spacial score (nSPS) is 12.5. The smallest absolute Gasteiger partial charge is 0.251 e. The molecular formula is C15H25N3O. The number of nitrogens with two attached hydrogens (primary N) is 1. The topological polar surface area (TPSA) is 68.0 Å². The van der Waals surface area contributed by atoms with Gasteiger partial charge in [0.1, 0.15) is 5.82 Å². The molecular weight excluding hydrogens is 238 g/mol. The van der Waals surface area contributed by atoms with Crippen LogP contribution in [0.4, 0.5) is 5.82 Å². The first kappa shape index (κ1) is 15.5. The molecule has 1 amide bonds. The standard InChI is InChI=1S/C15H25N3O/c1-5-6-13-8-12(9-14(16)18-13)15(19)17-11(4)7-10(2)3/h8-11H,5-7H2,1-4H3,(H2,16,18)(H,17,19). The summed E-state index contributed by atoms with van der Waals surface area (Å²) in [5.74, 6) is 0.903. The molecule has 0 aliphatic rings. The predicted molar refractivity (Wildman–Crippen MR) is 79.0 cm³/mol. The number of nitrogens with one attached hydrogen (secondary N) is 1. The van der Waals surface area contributed by atoms with Gasteiger partial charge in [-0.05, 0) is 37.8 Å². The van der Waals surface area contributed by atoms with E-state index < -0.39 is 0 Å². The maximum absolute atomic E-state index is 12.2. The maximum Gasteiger partial charge on any atom is 0.251 e. The predicted octanol–water partition coefficient (Wildman–Crippen LogP) is 2.78. The number of aryl methyl sites for hydroxylation is 1. The van der Waals surface area contributed by atoms with Crippen LogP contribution in [0, 0.1) is 5.92 Å². The minimum atomic E-state index is -0.0698. The molecule has 1 aromatic rings. The Morgan fingerprint density at radius 2 is 2.05 bits per heavy atom. The van der Waals surface area contributed by atoms with Crippen molar-refractivity contribution in [1.29, 1.82) is 0 Å². The second kappa shape index (κ2) is 7.12. The monoisotopic (exact) mass is 263 g/mol. The van der Waals surface area contributed by atoms with E-state index in [0.717, 1.165) is 25.0 Å². The molecule has 1 atom stereocenters. The van der Waals surface area contributed by atoms with Crippen LogP contribution in [0.5, 0.6) is 0 Å². The van der Waals surface area contributed by atoms with Crippen LogP contribution >= 0.6 is 0 Å². The highest BCUT2D eigenvalue weighted by molar-refractivity contribution is 5.95. The molecule has 0 spiro atoms. The third kappa shape index (κ3) is 5.28. The Morgan fingerprint density at radius 1 is 1.37 bits per heavy atom. The molecule has 0 aromatic carbocycles. The molecule has 1 heterocycles. The summed E-state index contributed by atoms with van der Waals surface area (Å²) in [6.07, 6.45) is 2.79. The van der Waals surface area contributed by atoms with Gasteiger partial charge in [-0.15, -0.1) is 0 Å². The first-order valence-corrected chi connectivity index (χ1v) is 6.99. The molecule has 0 bridgehead atoms. The van der Waals surface area contributed by atoms with E-state index >= 15 is 0 Å². The van der Waals surface area contributed by atoms with E-state index in [-0.39, 0.29) is 11.9 Å². The fraction of sp³-hybridized carbons (Fsp3) is 0.600. The van der Waals surface area contributed by atoms with Gasteiger partial charge >= 0.3 is 0 Å². The Bertz CT molecular complexity index is 429. The van der Waals surface area contributed by atoms with Gasteiger partial charge in [-0.1, -0.05) is 27.2 Å². The summed E-state index contributed by atoms with van der Waals surface area (Å²) < 4.78 is 0. The number of anilines is 1.